The number of nitrogens with zero attached hydrogens (tertiary/aromatic N) is 1. The zero-order valence-electron chi connectivity index (χ0n) is 12.4. The van der Waals surface area contributed by atoms with Crippen molar-refractivity contribution in [1.82, 2.24) is 4.90 Å². The van der Waals surface area contributed by atoms with E-state index >= 15 is 0 Å². The SMILES string of the molecule is COC(=O)C1(N)CCCC1CCN1CCCCC1C. The molecule has 110 valence electrons. The van der Waals surface area contributed by atoms with Gasteiger partial charge >= 0.3 is 5.97 Å². The molecule has 0 aromatic heterocycles. The van der Waals surface area contributed by atoms with E-state index in [-0.39, 0.29) is 11.9 Å². The van der Waals surface area contributed by atoms with Crippen LogP contribution in [-0.2, 0) is 9.53 Å². The zero-order chi connectivity index (χ0) is 13.9. The standard InChI is InChI=1S/C15H28N2O2/c1-12-6-3-4-10-17(12)11-8-13-7-5-9-15(13,16)14(18)19-2/h12-13H,3-11,16H2,1-2H3. The van der Waals surface area contributed by atoms with Crippen LogP contribution < -0.4 is 5.73 Å². The lowest BCUT2D eigenvalue weighted by molar-refractivity contribution is -0.148. The molecular weight excluding hydrogens is 240 g/mol. The monoisotopic (exact) mass is 268 g/mol. The summed E-state index contributed by atoms with van der Waals surface area (Å²) in [5.74, 6) is 0.0655. The number of hydrogen-bond donors (Lipinski definition) is 1. The molecule has 3 atom stereocenters. The summed E-state index contributed by atoms with van der Waals surface area (Å²) in [5, 5.41) is 0. The van der Waals surface area contributed by atoms with E-state index in [0.29, 0.717) is 6.04 Å². The summed E-state index contributed by atoms with van der Waals surface area (Å²) in [6.07, 6.45) is 7.87. The minimum Gasteiger partial charge on any atom is -0.468 e. The molecule has 4 nitrogen and oxygen atoms in total. The van der Waals surface area contributed by atoms with E-state index < -0.39 is 5.54 Å². The number of nitrogens with two attached hydrogens (primary N) is 1. The van der Waals surface area contributed by atoms with Gasteiger partial charge in [-0.15, -0.1) is 0 Å². The molecule has 0 aromatic rings. The van der Waals surface area contributed by atoms with E-state index in [1.54, 1.807) is 0 Å². The number of carbonyl (C=O) groups excluding carboxylic acids is 1. The highest BCUT2D eigenvalue weighted by Crippen LogP contribution is 2.37. The number of carbonyl (C=O) groups is 1. The van der Waals surface area contributed by atoms with Crippen LogP contribution in [0.4, 0.5) is 0 Å². The summed E-state index contributed by atoms with van der Waals surface area (Å²) in [6.45, 7) is 4.58. The highest BCUT2D eigenvalue weighted by atomic mass is 16.5. The normalized spacial score (nSPS) is 36.4. The largest absolute Gasteiger partial charge is 0.468 e. The Kier molecular flexibility index (Phi) is 4.85. The highest BCUT2D eigenvalue weighted by Gasteiger charge is 2.46. The van der Waals surface area contributed by atoms with Crippen molar-refractivity contribution in [3.05, 3.63) is 0 Å². The van der Waals surface area contributed by atoms with E-state index in [1.807, 2.05) is 0 Å². The van der Waals surface area contributed by atoms with E-state index in [4.69, 9.17) is 10.5 Å². The van der Waals surface area contributed by atoms with Crippen molar-refractivity contribution in [2.75, 3.05) is 20.2 Å². The van der Waals surface area contributed by atoms with Gasteiger partial charge in [0.25, 0.3) is 0 Å². The van der Waals surface area contributed by atoms with Crippen molar-refractivity contribution in [2.24, 2.45) is 11.7 Å². The van der Waals surface area contributed by atoms with Crippen molar-refractivity contribution in [3.8, 4) is 0 Å². The number of esters is 1. The lowest BCUT2D eigenvalue weighted by atomic mass is 9.85. The Bertz CT molecular complexity index is 321. The number of methoxy groups -OCH3 is 1. The maximum Gasteiger partial charge on any atom is 0.326 e. The molecule has 19 heavy (non-hydrogen) atoms. The Morgan fingerprint density at radius 3 is 2.84 bits per heavy atom. The minimum absolute atomic E-state index is 0.221. The van der Waals surface area contributed by atoms with Gasteiger partial charge in [0.05, 0.1) is 7.11 Å². The van der Waals surface area contributed by atoms with Crippen LogP contribution in [0, 0.1) is 5.92 Å². The van der Waals surface area contributed by atoms with Crippen LogP contribution >= 0.6 is 0 Å². The van der Waals surface area contributed by atoms with E-state index in [0.717, 1.165) is 32.2 Å². The molecule has 1 aliphatic carbocycles. The lowest BCUT2D eigenvalue weighted by Crippen LogP contribution is -2.52. The van der Waals surface area contributed by atoms with E-state index in [1.165, 1.54) is 32.9 Å². The summed E-state index contributed by atoms with van der Waals surface area (Å²) in [4.78, 5) is 14.5. The molecule has 1 saturated carbocycles. The first-order chi connectivity index (χ1) is 9.08. The topological polar surface area (TPSA) is 55.6 Å². The van der Waals surface area contributed by atoms with Crippen molar-refractivity contribution >= 4 is 5.97 Å². The van der Waals surface area contributed by atoms with Crippen LogP contribution in [0.2, 0.25) is 0 Å². The Balaban J connectivity index is 1.89. The van der Waals surface area contributed by atoms with E-state index in [2.05, 4.69) is 11.8 Å². The van der Waals surface area contributed by atoms with Gasteiger partial charge in [0.2, 0.25) is 0 Å². The van der Waals surface area contributed by atoms with Crippen molar-refractivity contribution in [3.63, 3.8) is 0 Å². The van der Waals surface area contributed by atoms with Gasteiger partial charge in [-0.05, 0) is 58.0 Å². The fourth-order valence-electron chi connectivity index (χ4n) is 3.77. The first kappa shape index (κ1) is 14.8. The molecule has 0 amide bonds. The first-order valence-corrected chi connectivity index (χ1v) is 7.69. The molecule has 1 heterocycles. The van der Waals surface area contributed by atoms with Gasteiger partial charge in [-0.25, -0.2) is 0 Å². The first-order valence-electron chi connectivity index (χ1n) is 7.69. The molecule has 4 heteroatoms. The zero-order valence-corrected chi connectivity index (χ0v) is 12.4. The number of hydrogen-bond acceptors (Lipinski definition) is 4. The molecule has 0 aromatic carbocycles. The second-order valence-corrected chi connectivity index (χ2v) is 6.29. The molecule has 0 radical (unpaired) electrons. The predicted molar refractivity (Wildman–Crippen MR) is 75.8 cm³/mol. The molecule has 3 unspecified atom stereocenters. The summed E-state index contributed by atoms with van der Waals surface area (Å²) in [5.41, 5.74) is 5.59. The summed E-state index contributed by atoms with van der Waals surface area (Å²) < 4.78 is 4.90. The van der Waals surface area contributed by atoms with E-state index in [9.17, 15) is 4.79 Å². The maximum atomic E-state index is 11.9. The Morgan fingerprint density at radius 1 is 1.37 bits per heavy atom. The summed E-state index contributed by atoms with van der Waals surface area (Å²) >= 11 is 0. The molecule has 0 spiro atoms. The Morgan fingerprint density at radius 2 is 2.16 bits per heavy atom. The van der Waals surface area contributed by atoms with Crippen LogP contribution in [0.15, 0.2) is 0 Å². The maximum absolute atomic E-state index is 11.9. The fourth-order valence-corrected chi connectivity index (χ4v) is 3.77. The highest BCUT2D eigenvalue weighted by molar-refractivity contribution is 5.81. The van der Waals surface area contributed by atoms with Crippen LogP contribution in [0.3, 0.4) is 0 Å². The number of likely N-dealkylation sites (tertiary alicyclic amines) is 1. The van der Waals surface area contributed by atoms with Crippen LogP contribution in [0.1, 0.15) is 51.9 Å². The van der Waals surface area contributed by atoms with Gasteiger partial charge in [0.1, 0.15) is 5.54 Å². The second kappa shape index (κ2) is 6.23. The van der Waals surface area contributed by atoms with Gasteiger partial charge in [0.15, 0.2) is 0 Å². The number of ether oxygens (including phenoxy) is 1. The third-order valence-electron chi connectivity index (χ3n) is 5.14. The molecule has 2 aliphatic rings. The average molecular weight is 268 g/mol. The molecule has 2 rings (SSSR count). The van der Waals surface area contributed by atoms with Gasteiger partial charge in [-0.1, -0.05) is 12.8 Å². The smallest absolute Gasteiger partial charge is 0.326 e. The molecule has 2 N–H and O–H groups in total. The van der Waals surface area contributed by atoms with Crippen molar-refractivity contribution in [1.29, 1.82) is 0 Å². The molecule has 1 aliphatic heterocycles. The lowest BCUT2D eigenvalue weighted by Gasteiger charge is -2.36. The minimum atomic E-state index is -0.728. The fraction of sp³-hybridized carbons (Fsp3) is 0.933. The van der Waals surface area contributed by atoms with Crippen molar-refractivity contribution < 1.29 is 9.53 Å². The second-order valence-electron chi connectivity index (χ2n) is 6.29. The van der Waals surface area contributed by atoms with Gasteiger partial charge in [0, 0.05) is 6.04 Å². The summed E-state index contributed by atoms with van der Waals surface area (Å²) in [7, 11) is 1.44. The van der Waals surface area contributed by atoms with Crippen molar-refractivity contribution in [2.45, 2.75) is 63.5 Å². The Labute approximate surface area is 116 Å². The van der Waals surface area contributed by atoms with Gasteiger partial charge in [-0.2, -0.15) is 0 Å². The Hall–Kier alpha value is -0.610. The average Bonchev–Trinajstić information content (AvgIpc) is 2.79. The number of piperidine rings is 1. The summed E-state index contributed by atoms with van der Waals surface area (Å²) in [6, 6.07) is 0.681. The van der Waals surface area contributed by atoms with Gasteiger partial charge < -0.3 is 15.4 Å². The number of rotatable bonds is 4. The van der Waals surface area contributed by atoms with Crippen LogP contribution in [-0.4, -0.2) is 42.6 Å². The quantitative estimate of drug-likeness (QED) is 0.792. The van der Waals surface area contributed by atoms with Crippen LogP contribution in [0.25, 0.3) is 0 Å². The molecule has 1 saturated heterocycles. The molecule has 0 bridgehead atoms. The molecular formula is C15H28N2O2. The predicted octanol–water partition coefficient (Wildman–Crippen LogP) is 1.92. The molecule has 2 fully saturated rings. The third-order valence-corrected chi connectivity index (χ3v) is 5.14. The van der Waals surface area contributed by atoms with Crippen LogP contribution in [0.5, 0.6) is 0 Å². The third kappa shape index (κ3) is 3.11. The van der Waals surface area contributed by atoms with Gasteiger partial charge in [-0.3, -0.25) is 4.79 Å².